The molecule has 0 amide bonds. The van der Waals surface area contributed by atoms with E-state index in [2.05, 4.69) is 24.4 Å². The Balaban J connectivity index is 2.03. The van der Waals surface area contributed by atoms with Crippen molar-refractivity contribution in [3.8, 4) is 6.07 Å². The summed E-state index contributed by atoms with van der Waals surface area (Å²) in [4.78, 5) is 0. The number of hydrogen-bond donors (Lipinski definition) is 1. The lowest BCUT2D eigenvalue weighted by Crippen LogP contribution is -2.38. The molecule has 0 saturated heterocycles. The van der Waals surface area contributed by atoms with Gasteiger partial charge in [0.05, 0.1) is 6.07 Å². The summed E-state index contributed by atoms with van der Waals surface area (Å²) in [7, 11) is 0. The van der Waals surface area contributed by atoms with Gasteiger partial charge in [-0.3, -0.25) is 0 Å². The summed E-state index contributed by atoms with van der Waals surface area (Å²) in [5.41, 5.74) is 2.29. The minimum Gasteiger partial charge on any atom is -0.364 e. The van der Waals surface area contributed by atoms with Crippen molar-refractivity contribution in [3.05, 3.63) is 65.5 Å². The van der Waals surface area contributed by atoms with E-state index < -0.39 is 5.54 Å². The molecular formula is C18H17FN2. The first-order valence-electron chi connectivity index (χ1n) is 7.19. The average molecular weight is 280 g/mol. The smallest absolute Gasteiger partial charge is 0.151 e. The molecule has 1 aliphatic carbocycles. The quantitative estimate of drug-likeness (QED) is 0.875. The molecular weight excluding hydrogens is 263 g/mol. The SMILES string of the molecule is CC1CCC(C#N)(Nc2ccc(F)cc2)c2ccccc21. The van der Waals surface area contributed by atoms with Crippen molar-refractivity contribution in [1.29, 1.82) is 5.26 Å². The number of nitrogens with zero attached hydrogens (tertiary/aromatic N) is 1. The molecule has 0 radical (unpaired) electrons. The van der Waals surface area contributed by atoms with Gasteiger partial charge in [-0.15, -0.1) is 0 Å². The van der Waals surface area contributed by atoms with E-state index in [0.717, 1.165) is 24.1 Å². The maximum absolute atomic E-state index is 13.0. The van der Waals surface area contributed by atoms with E-state index >= 15 is 0 Å². The van der Waals surface area contributed by atoms with Crippen molar-refractivity contribution in [3.63, 3.8) is 0 Å². The largest absolute Gasteiger partial charge is 0.364 e. The van der Waals surface area contributed by atoms with Gasteiger partial charge in [0, 0.05) is 5.69 Å². The number of nitrogens with one attached hydrogen (secondary N) is 1. The van der Waals surface area contributed by atoms with E-state index in [9.17, 15) is 9.65 Å². The van der Waals surface area contributed by atoms with Crippen LogP contribution in [0.25, 0.3) is 0 Å². The van der Waals surface area contributed by atoms with Crippen LogP contribution in [0.1, 0.15) is 36.8 Å². The summed E-state index contributed by atoms with van der Waals surface area (Å²) in [6.45, 7) is 2.19. The molecule has 0 heterocycles. The summed E-state index contributed by atoms with van der Waals surface area (Å²) in [5.74, 6) is 0.182. The third-order valence-corrected chi connectivity index (χ3v) is 4.30. The Morgan fingerprint density at radius 2 is 1.90 bits per heavy atom. The number of anilines is 1. The number of halogens is 1. The highest BCUT2D eigenvalue weighted by Gasteiger charge is 2.38. The van der Waals surface area contributed by atoms with Crippen molar-refractivity contribution >= 4 is 5.69 Å². The van der Waals surface area contributed by atoms with Crippen LogP contribution < -0.4 is 5.32 Å². The maximum atomic E-state index is 13.0. The van der Waals surface area contributed by atoms with E-state index in [1.807, 2.05) is 18.2 Å². The molecule has 0 aliphatic heterocycles. The molecule has 2 aromatic rings. The Labute approximate surface area is 124 Å². The first-order valence-corrected chi connectivity index (χ1v) is 7.19. The van der Waals surface area contributed by atoms with Crippen LogP contribution in [0.15, 0.2) is 48.5 Å². The van der Waals surface area contributed by atoms with Gasteiger partial charge in [-0.25, -0.2) is 4.39 Å². The summed E-state index contributed by atoms with van der Waals surface area (Å²) in [5, 5.41) is 13.1. The molecule has 21 heavy (non-hydrogen) atoms. The van der Waals surface area contributed by atoms with E-state index in [-0.39, 0.29) is 5.82 Å². The topological polar surface area (TPSA) is 35.8 Å². The van der Waals surface area contributed by atoms with Gasteiger partial charge in [0.15, 0.2) is 5.54 Å². The monoisotopic (exact) mass is 280 g/mol. The number of rotatable bonds is 2. The van der Waals surface area contributed by atoms with Crippen LogP contribution in [-0.4, -0.2) is 0 Å². The van der Waals surface area contributed by atoms with E-state index in [1.165, 1.54) is 17.7 Å². The van der Waals surface area contributed by atoms with E-state index in [1.54, 1.807) is 12.1 Å². The summed E-state index contributed by atoms with van der Waals surface area (Å²) < 4.78 is 13.0. The molecule has 0 bridgehead atoms. The van der Waals surface area contributed by atoms with Crippen LogP contribution in [0.5, 0.6) is 0 Å². The molecule has 0 fully saturated rings. The Kier molecular flexibility index (Phi) is 3.39. The molecule has 0 saturated carbocycles. The number of nitriles is 1. The molecule has 2 atom stereocenters. The molecule has 2 aromatic carbocycles. The first kappa shape index (κ1) is 13.6. The predicted octanol–water partition coefficient (Wildman–Crippen LogP) is 4.55. The average Bonchev–Trinajstić information content (AvgIpc) is 2.53. The van der Waals surface area contributed by atoms with Crippen LogP contribution in [0, 0.1) is 17.1 Å². The number of hydrogen-bond acceptors (Lipinski definition) is 2. The van der Waals surface area contributed by atoms with Gasteiger partial charge in [0.1, 0.15) is 5.82 Å². The van der Waals surface area contributed by atoms with Crippen LogP contribution in [-0.2, 0) is 5.54 Å². The van der Waals surface area contributed by atoms with Gasteiger partial charge in [-0.05, 0) is 54.2 Å². The minimum absolute atomic E-state index is 0.274. The third-order valence-electron chi connectivity index (χ3n) is 4.30. The standard InChI is InChI=1S/C18H17FN2/c1-13-10-11-18(12-20,17-5-3-2-4-16(13)17)21-15-8-6-14(19)7-9-15/h2-9,13,21H,10-11H2,1H3. The summed E-state index contributed by atoms with van der Waals surface area (Å²) in [6.07, 6.45) is 1.71. The van der Waals surface area contributed by atoms with Crippen molar-refractivity contribution in [2.24, 2.45) is 0 Å². The summed E-state index contributed by atoms with van der Waals surface area (Å²) in [6, 6.07) is 16.7. The van der Waals surface area contributed by atoms with Gasteiger partial charge in [0.2, 0.25) is 0 Å². The van der Waals surface area contributed by atoms with E-state index in [4.69, 9.17) is 0 Å². The lowest BCUT2D eigenvalue weighted by atomic mass is 9.73. The second-order valence-electron chi connectivity index (χ2n) is 5.68. The Hall–Kier alpha value is -2.34. The van der Waals surface area contributed by atoms with Crippen LogP contribution >= 0.6 is 0 Å². The molecule has 2 nitrogen and oxygen atoms in total. The first-order chi connectivity index (χ1) is 10.1. The van der Waals surface area contributed by atoms with Gasteiger partial charge in [0.25, 0.3) is 0 Å². The predicted molar refractivity (Wildman–Crippen MR) is 81.4 cm³/mol. The van der Waals surface area contributed by atoms with Gasteiger partial charge >= 0.3 is 0 Å². The Bertz CT molecular complexity index is 687. The van der Waals surface area contributed by atoms with Crippen molar-refractivity contribution in [2.45, 2.75) is 31.2 Å². The fourth-order valence-electron chi connectivity index (χ4n) is 3.09. The zero-order chi connectivity index (χ0) is 14.9. The van der Waals surface area contributed by atoms with Crippen LogP contribution in [0.2, 0.25) is 0 Å². The molecule has 3 rings (SSSR count). The highest BCUT2D eigenvalue weighted by molar-refractivity contribution is 5.54. The zero-order valence-electron chi connectivity index (χ0n) is 11.9. The van der Waals surface area contributed by atoms with Crippen LogP contribution in [0.4, 0.5) is 10.1 Å². The lowest BCUT2D eigenvalue weighted by Gasteiger charge is -2.37. The van der Waals surface area contributed by atoms with Gasteiger partial charge in [-0.1, -0.05) is 31.2 Å². The van der Waals surface area contributed by atoms with E-state index in [0.29, 0.717) is 5.92 Å². The van der Waals surface area contributed by atoms with Crippen molar-refractivity contribution in [2.75, 3.05) is 5.32 Å². The van der Waals surface area contributed by atoms with Crippen molar-refractivity contribution in [1.82, 2.24) is 0 Å². The Morgan fingerprint density at radius 3 is 2.62 bits per heavy atom. The molecule has 0 spiro atoms. The molecule has 1 aliphatic rings. The maximum Gasteiger partial charge on any atom is 0.151 e. The van der Waals surface area contributed by atoms with Crippen molar-refractivity contribution < 1.29 is 4.39 Å². The minimum atomic E-state index is -0.735. The highest BCUT2D eigenvalue weighted by atomic mass is 19.1. The Morgan fingerprint density at radius 1 is 1.19 bits per heavy atom. The molecule has 0 aromatic heterocycles. The number of fused-ring (bicyclic) bond motifs is 1. The highest BCUT2D eigenvalue weighted by Crippen LogP contribution is 2.42. The molecule has 3 heteroatoms. The second-order valence-corrected chi connectivity index (χ2v) is 5.68. The molecule has 106 valence electrons. The van der Waals surface area contributed by atoms with Gasteiger partial charge in [-0.2, -0.15) is 5.26 Å². The third kappa shape index (κ3) is 2.38. The molecule has 1 N–H and O–H groups in total. The number of benzene rings is 2. The fourth-order valence-corrected chi connectivity index (χ4v) is 3.09. The normalized spacial score (nSPS) is 24.0. The zero-order valence-corrected chi connectivity index (χ0v) is 11.9. The fraction of sp³-hybridized carbons (Fsp3) is 0.278. The summed E-state index contributed by atoms with van der Waals surface area (Å²) >= 11 is 0. The lowest BCUT2D eigenvalue weighted by molar-refractivity contribution is 0.462. The molecule has 2 unspecified atom stereocenters. The van der Waals surface area contributed by atoms with Gasteiger partial charge < -0.3 is 5.32 Å². The van der Waals surface area contributed by atoms with Crippen LogP contribution in [0.3, 0.4) is 0 Å². The second kappa shape index (κ2) is 5.21.